The molecule has 8 heteroatoms. The Kier molecular flexibility index (Phi) is 7.74. The van der Waals surface area contributed by atoms with Crippen LogP contribution in [0, 0.1) is 21.4 Å². The van der Waals surface area contributed by atoms with Gasteiger partial charge in [0, 0.05) is 50.9 Å². The van der Waals surface area contributed by atoms with E-state index in [9.17, 15) is 14.9 Å². The molecule has 0 radical (unpaired) electrons. The third-order valence-electron chi connectivity index (χ3n) is 4.12. The van der Waals surface area contributed by atoms with E-state index in [2.05, 4.69) is 11.0 Å². The van der Waals surface area contributed by atoms with Crippen molar-refractivity contribution in [2.75, 3.05) is 45.9 Å². The van der Waals surface area contributed by atoms with Crippen LogP contribution in [0.2, 0.25) is 0 Å². The number of nitrogens with zero attached hydrogens (tertiary/aromatic N) is 4. The van der Waals surface area contributed by atoms with Crippen LogP contribution in [0.5, 0.6) is 0 Å². The largest absolute Gasteiger partial charge is 0.379 e. The second-order valence-electron chi connectivity index (χ2n) is 5.87. The number of benzene rings is 1. The van der Waals surface area contributed by atoms with Crippen LogP contribution in [-0.2, 0) is 9.53 Å². The van der Waals surface area contributed by atoms with Gasteiger partial charge in [0.05, 0.1) is 30.6 Å². The van der Waals surface area contributed by atoms with Crippen molar-refractivity contribution in [3.05, 3.63) is 46.0 Å². The number of hydrogen-bond acceptors (Lipinski definition) is 6. The Hall–Kier alpha value is -2.76. The van der Waals surface area contributed by atoms with Crippen LogP contribution < -0.4 is 0 Å². The quantitative estimate of drug-likeness (QED) is 0.398. The zero-order valence-corrected chi connectivity index (χ0v) is 14.5. The number of amides is 1. The summed E-state index contributed by atoms with van der Waals surface area (Å²) in [7, 11) is 0. The number of carbonyl (C=O) groups is 1. The first-order valence-electron chi connectivity index (χ1n) is 8.48. The van der Waals surface area contributed by atoms with Crippen LogP contribution in [-0.4, -0.2) is 66.6 Å². The Morgan fingerprint density at radius 2 is 2.00 bits per heavy atom. The molecule has 26 heavy (non-hydrogen) atoms. The molecular formula is C18H22N4O4. The van der Waals surface area contributed by atoms with Crippen molar-refractivity contribution in [1.82, 2.24) is 9.80 Å². The van der Waals surface area contributed by atoms with E-state index in [1.807, 2.05) is 0 Å². The topological polar surface area (TPSA) is 99.7 Å². The van der Waals surface area contributed by atoms with E-state index in [1.165, 1.54) is 18.2 Å². The molecule has 0 atom stereocenters. The first-order chi connectivity index (χ1) is 12.6. The minimum atomic E-state index is -0.464. The average molecular weight is 358 g/mol. The predicted octanol–water partition coefficient (Wildman–Crippen LogP) is 1.68. The first kappa shape index (κ1) is 19.6. The summed E-state index contributed by atoms with van der Waals surface area (Å²) in [6, 6.07) is 8.05. The zero-order chi connectivity index (χ0) is 18.8. The molecule has 1 aromatic carbocycles. The minimum Gasteiger partial charge on any atom is -0.379 e. The van der Waals surface area contributed by atoms with E-state index in [0.717, 1.165) is 19.6 Å². The van der Waals surface area contributed by atoms with Gasteiger partial charge >= 0.3 is 0 Å². The van der Waals surface area contributed by atoms with Gasteiger partial charge in [-0.05, 0) is 23.8 Å². The third kappa shape index (κ3) is 6.27. The van der Waals surface area contributed by atoms with Gasteiger partial charge < -0.3 is 9.64 Å². The highest BCUT2D eigenvalue weighted by molar-refractivity contribution is 5.91. The SMILES string of the molecule is N#CCCN(CCN1CCOCC1)C(=O)/C=C/c1ccc([N+](=O)[O-])cc1. The Labute approximate surface area is 152 Å². The Bertz CT molecular complexity index is 675. The Morgan fingerprint density at radius 1 is 1.31 bits per heavy atom. The van der Waals surface area contributed by atoms with Crippen molar-refractivity contribution in [3.8, 4) is 6.07 Å². The van der Waals surface area contributed by atoms with Gasteiger partial charge in [-0.25, -0.2) is 0 Å². The molecule has 0 unspecified atom stereocenters. The standard InChI is InChI=1S/C18H22N4O4/c19-8-1-9-21(11-10-20-12-14-26-15-13-20)18(23)7-4-16-2-5-17(6-3-16)22(24)25/h2-7H,1,9-15H2/b7-4+. The molecule has 0 aliphatic carbocycles. The Morgan fingerprint density at radius 3 is 2.62 bits per heavy atom. The molecular weight excluding hydrogens is 336 g/mol. The maximum absolute atomic E-state index is 12.4. The molecule has 0 spiro atoms. The van der Waals surface area contributed by atoms with Crippen LogP contribution in [0.1, 0.15) is 12.0 Å². The van der Waals surface area contributed by atoms with Crippen molar-refractivity contribution < 1.29 is 14.5 Å². The number of carbonyl (C=O) groups excluding carboxylic acids is 1. The average Bonchev–Trinajstić information content (AvgIpc) is 2.67. The van der Waals surface area contributed by atoms with E-state index in [-0.39, 0.29) is 18.0 Å². The highest BCUT2D eigenvalue weighted by Gasteiger charge is 2.15. The normalized spacial score (nSPS) is 14.9. The van der Waals surface area contributed by atoms with Crippen molar-refractivity contribution in [2.45, 2.75) is 6.42 Å². The lowest BCUT2D eigenvalue weighted by Crippen LogP contribution is -2.43. The summed E-state index contributed by atoms with van der Waals surface area (Å²) in [6.45, 7) is 4.76. The summed E-state index contributed by atoms with van der Waals surface area (Å²) in [5.41, 5.74) is 0.715. The van der Waals surface area contributed by atoms with E-state index in [0.29, 0.717) is 31.9 Å². The summed E-state index contributed by atoms with van der Waals surface area (Å²) in [5, 5.41) is 19.5. The molecule has 1 aliphatic rings. The van der Waals surface area contributed by atoms with Crippen molar-refractivity contribution in [2.24, 2.45) is 0 Å². The Balaban J connectivity index is 1.93. The second kappa shape index (κ2) is 10.3. The number of hydrogen-bond donors (Lipinski definition) is 0. The predicted molar refractivity (Wildman–Crippen MR) is 96.2 cm³/mol. The van der Waals surface area contributed by atoms with Gasteiger partial charge in [-0.2, -0.15) is 5.26 Å². The number of ether oxygens (including phenoxy) is 1. The molecule has 2 rings (SSSR count). The highest BCUT2D eigenvalue weighted by Crippen LogP contribution is 2.13. The summed E-state index contributed by atoms with van der Waals surface area (Å²) in [4.78, 5) is 26.5. The van der Waals surface area contributed by atoms with Gasteiger partial charge in [0.15, 0.2) is 0 Å². The maximum atomic E-state index is 12.4. The van der Waals surface area contributed by atoms with Gasteiger partial charge in [-0.1, -0.05) is 0 Å². The molecule has 0 saturated carbocycles. The molecule has 1 saturated heterocycles. The zero-order valence-electron chi connectivity index (χ0n) is 14.5. The summed E-state index contributed by atoms with van der Waals surface area (Å²) in [6.07, 6.45) is 3.35. The lowest BCUT2D eigenvalue weighted by Gasteiger charge is -2.29. The second-order valence-corrected chi connectivity index (χ2v) is 5.87. The van der Waals surface area contributed by atoms with Crippen LogP contribution in [0.4, 0.5) is 5.69 Å². The maximum Gasteiger partial charge on any atom is 0.269 e. The van der Waals surface area contributed by atoms with Crippen molar-refractivity contribution >= 4 is 17.7 Å². The minimum absolute atomic E-state index is 0.00892. The van der Waals surface area contributed by atoms with Crippen molar-refractivity contribution in [1.29, 1.82) is 5.26 Å². The summed E-state index contributed by atoms with van der Waals surface area (Å²) < 4.78 is 5.31. The smallest absolute Gasteiger partial charge is 0.269 e. The van der Waals surface area contributed by atoms with Gasteiger partial charge in [0.25, 0.3) is 5.69 Å². The fourth-order valence-corrected chi connectivity index (χ4v) is 2.58. The van der Waals surface area contributed by atoms with Gasteiger partial charge in [0.2, 0.25) is 5.91 Å². The molecule has 1 heterocycles. The molecule has 138 valence electrons. The number of nitriles is 1. The van der Waals surface area contributed by atoms with Gasteiger partial charge in [0.1, 0.15) is 0 Å². The van der Waals surface area contributed by atoms with Gasteiger partial charge in [-0.15, -0.1) is 0 Å². The molecule has 0 N–H and O–H groups in total. The fraction of sp³-hybridized carbons (Fsp3) is 0.444. The van der Waals surface area contributed by atoms with E-state index < -0.39 is 4.92 Å². The number of nitro benzene ring substituents is 1. The number of morpholine rings is 1. The van der Waals surface area contributed by atoms with E-state index in [1.54, 1.807) is 23.1 Å². The third-order valence-corrected chi connectivity index (χ3v) is 4.12. The monoisotopic (exact) mass is 358 g/mol. The van der Waals surface area contributed by atoms with Gasteiger partial charge in [-0.3, -0.25) is 19.8 Å². The molecule has 8 nitrogen and oxygen atoms in total. The van der Waals surface area contributed by atoms with Crippen molar-refractivity contribution in [3.63, 3.8) is 0 Å². The lowest BCUT2D eigenvalue weighted by molar-refractivity contribution is -0.384. The molecule has 1 aliphatic heterocycles. The summed E-state index contributed by atoms with van der Waals surface area (Å²) >= 11 is 0. The van der Waals surface area contributed by atoms with Crippen LogP contribution in [0.25, 0.3) is 6.08 Å². The van der Waals surface area contributed by atoms with Crippen LogP contribution >= 0.6 is 0 Å². The molecule has 1 fully saturated rings. The van der Waals surface area contributed by atoms with E-state index in [4.69, 9.17) is 10.00 Å². The molecule has 0 bridgehead atoms. The molecule has 0 aromatic heterocycles. The molecule has 1 aromatic rings. The number of non-ortho nitro benzene ring substituents is 1. The van der Waals surface area contributed by atoms with Crippen LogP contribution in [0.3, 0.4) is 0 Å². The van der Waals surface area contributed by atoms with Crippen LogP contribution in [0.15, 0.2) is 30.3 Å². The van der Waals surface area contributed by atoms with E-state index >= 15 is 0 Å². The summed E-state index contributed by atoms with van der Waals surface area (Å²) in [5.74, 6) is -0.174. The number of rotatable bonds is 8. The molecule has 1 amide bonds. The number of nitro groups is 1. The first-order valence-corrected chi connectivity index (χ1v) is 8.48. The highest BCUT2D eigenvalue weighted by atomic mass is 16.6. The fourth-order valence-electron chi connectivity index (χ4n) is 2.58. The lowest BCUT2D eigenvalue weighted by atomic mass is 10.2.